The second-order valence-electron chi connectivity index (χ2n) is 6.87. The van der Waals surface area contributed by atoms with Crippen molar-refractivity contribution in [2.24, 2.45) is 0 Å². The van der Waals surface area contributed by atoms with E-state index in [9.17, 15) is 0 Å². The minimum Gasteiger partial charge on any atom is -0.275 e. The van der Waals surface area contributed by atoms with E-state index in [1.54, 1.807) is 0 Å². The van der Waals surface area contributed by atoms with Gasteiger partial charge in [-0.2, -0.15) is 0 Å². The average Bonchev–Trinajstić information content (AvgIpc) is 3.26. The van der Waals surface area contributed by atoms with Gasteiger partial charge in [0.2, 0.25) is 0 Å². The Hall–Kier alpha value is -3.55. The first kappa shape index (κ1) is 18.5. The summed E-state index contributed by atoms with van der Waals surface area (Å²) < 4.78 is 2.21. The molecule has 0 spiro atoms. The van der Waals surface area contributed by atoms with Crippen LogP contribution in [-0.4, -0.2) is 14.8 Å². The van der Waals surface area contributed by atoms with E-state index in [0.29, 0.717) is 0 Å². The minimum absolute atomic E-state index is 0.858. The highest BCUT2D eigenvalue weighted by Gasteiger charge is 2.25. The van der Waals surface area contributed by atoms with Crippen LogP contribution in [0.15, 0.2) is 121 Å². The van der Waals surface area contributed by atoms with E-state index in [0.717, 1.165) is 22.6 Å². The Morgan fingerprint density at radius 1 is 0.500 bits per heavy atom. The fourth-order valence-corrected chi connectivity index (χ4v) is 5.79. The molecular weight excluding hydrogens is 385 g/mol. The van der Waals surface area contributed by atoms with Crippen molar-refractivity contribution in [2.45, 2.75) is 0 Å². The highest BCUT2D eigenvalue weighted by molar-refractivity contribution is 7.79. The summed E-state index contributed by atoms with van der Waals surface area (Å²) in [5.41, 5.74) is 3.08. The van der Waals surface area contributed by atoms with Crippen molar-refractivity contribution in [1.29, 1.82) is 0 Å². The van der Waals surface area contributed by atoms with Gasteiger partial charge in [-0.3, -0.25) is 4.57 Å². The van der Waals surface area contributed by atoms with Gasteiger partial charge in [0.15, 0.2) is 11.4 Å². The van der Waals surface area contributed by atoms with Crippen LogP contribution in [0.1, 0.15) is 0 Å². The van der Waals surface area contributed by atoms with Crippen LogP contribution >= 0.6 is 7.92 Å². The number of hydrogen-bond donors (Lipinski definition) is 0. The zero-order valence-corrected chi connectivity index (χ0v) is 17.2. The second-order valence-corrected chi connectivity index (χ2v) is 8.97. The smallest absolute Gasteiger partial charge is 0.169 e. The molecule has 0 radical (unpaired) electrons. The predicted octanol–water partition coefficient (Wildman–Crippen LogP) is 4.69. The van der Waals surface area contributed by atoms with Gasteiger partial charge in [0.05, 0.1) is 0 Å². The number of nitrogens with zero attached hydrogens (tertiary/aromatic N) is 3. The standard InChI is InChI=1S/C26H20N3P/c1-5-13-21(14-6-1)25-27-28-26(29(25)22-15-7-2-8-16-22)30(23-17-9-3-10-18-23)24-19-11-4-12-20-24/h1-20H. The summed E-state index contributed by atoms with van der Waals surface area (Å²) in [7, 11) is -0.871. The Balaban J connectivity index is 1.78. The molecule has 1 heterocycles. The van der Waals surface area contributed by atoms with Crippen molar-refractivity contribution in [3.8, 4) is 17.1 Å². The van der Waals surface area contributed by atoms with Crippen molar-refractivity contribution >= 4 is 24.1 Å². The van der Waals surface area contributed by atoms with Crippen LogP contribution in [-0.2, 0) is 0 Å². The number of aromatic nitrogens is 3. The molecule has 0 aliphatic carbocycles. The summed E-state index contributed by atoms with van der Waals surface area (Å²) in [6.07, 6.45) is 0. The van der Waals surface area contributed by atoms with Gasteiger partial charge in [0.25, 0.3) is 0 Å². The molecular formula is C26H20N3P. The summed E-state index contributed by atoms with van der Waals surface area (Å²) >= 11 is 0. The van der Waals surface area contributed by atoms with Crippen LogP contribution < -0.4 is 16.2 Å². The molecule has 30 heavy (non-hydrogen) atoms. The second kappa shape index (κ2) is 8.44. The SMILES string of the molecule is c1ccc(-c2nnc(P(c3ccccc3)c3ccccc3)n2-c2ccccc2)cc1. The van der Waals surface area contributed by atoms with Gasteiger partial charge in [0, 0.05) is 19.2 Å². The van der Waals surface area contributed by atoms with Gasteiger partial charge in [-0.05, 0) is 22.7 Å². The van der Waals surface area contributed by atoms with Crippen LogP contribution in [0.5, 0.6) is 0 Å². The third kappa shape index (κ3) is 3.56. The number of hydrogen-bond acceptors (Lipinski definition) is 2. The molecule has 0 unspecified atom stereocenters. The maximum absolute atomic E-state index is 4.76. The average molecular weight is 405 g/mol. The normalized spacial score (nSPS) is 11.0. The molecule has 0 N–H and O–H groups in total. The van der Waals surface area contributed by atoms with Crippen LogP contribution in [0.2, 0.25) is 0 Å². The van der Waals surface area contributed by atoms with Crippen molar-refractivity contribution in [3.63, 3.8) is 0 Å². The van der Waals surface area contributed by atoms with Gasteiger partial charge in [-0.1, -0.05) is 109 Å². The lowest BCUT2D eigenvalue weighted by molar-refractivity contribution is 1.09. The van der Waals surface area contributed by atoms with E-state index < -0.39 is 7.92 Å². The first-order chi connectivity index (χ1) is 14.9. The number of para-hydroxylation sites is 1. The van der Waals surface area contributed by atoms with Crippen LogP contribution in [0.4, 0.5) is 0 Å². The summed E-state index contributed by atoms with van der Waals surface area (Å²) in [5, 5.41) is 11.9. The molecule has 0 amide bonds. The zero-order valence-electron chi connectivity index (χ0n) is 16.3. The van der Waals surface area contributed by atoms with Gasteiger partial charge in [0.1, 0.15) is 0 Å². The molecule has 0 saturated heterocycles. The largest absolute Gasteiger partial charge is 0.275 e. The lowest BCUT2D eigenvalue weighted by Crippen LogP contribution is -2.27. The topological polar surface area (TPSA) is 30.7 Å². The Kier molecular flexibility index (Phi) is 5.20. The molecule has 0 bridgehead atoms. The van der Waals surface area contributed by atoms with E-state index in [4.69, 9.17) is 5.10 Å². The van der Waals surface area contributed by atoms with E-state index in [1.165, 1.54) is 10.6 Å². The molecule has 5 aromatic rings. The molecule has 3 nitrogen and oxygen atoms in total. The highest BCUT2D eigenvalue weighted by Crippen LogP contribution is 2.34. The molecule has 0 atom stereocenters. The molecule has 5 rings (SSSR count). The van der Waals surface area contributed by atoms with Crippen molar-refractivity contribution in [3.05, 3.63) is 121 Å². The van der Waals surface area contributed by atoms with E-state index in [-0.39, 0.29) is 0 Å². The lowest BCUT2D eigenvalue weighted by atomic mass is 10.2. The molecule has 4 aromatic carbocycles. The Labute approximate surface area is 177 Å². The van der Waals surface area contributed by atoms with Crippen LogP contribution in [0.25, 0.3) is 17.1 Å². The zero-order chi connectivity index (χ0) is 20.2. The van der Waals surface area contributed by atoms with Crippen LogP contribution in [0.3, 0.4) is 0 Å². The van der Waals surface area contributed by atoms with Gasteiger partial charge in [-0.25, -0.2) is 0 Å². The molecule has 0 fully saturated rings. The summed E-state index contributed by atoms with van der Waals surface area (Å²) in [6, 6.07) is 41.9. The molecule has 1 aromatic heterocycles. The molecule has 4 heteroatoms. The first-order valence-electron chi connectivity index (χ1n) is 9.88. The highest BCUT2D eigenvalue weighted by atomic mass is 31.1. The Morgan fingerprint density at radius 3 is 1.50 bits per heavy atom. The predicted molar refractivity (Wildman–Crippen MR) is 126 cm³/mol. The Morgan fingerprint density at radius 2 is 0.967 bits per heavy atom. The third-order valence-electron chi connectivity index (χ3n) is 4.92. The number of benzene rings is 4. The minimum atomic E-state index is -0.871. The number of rotatable bonds is 5. The van der Waals surface area contributed by atoms with Crippen molar-refractivity contribution in [2.75, 3.05) is 0 Å². The van der Waals surface area contributed by atoms with E-state index in [1.807, 2.05) is 24.3 Å². The quantitative estimate of drug-likeness (QED) is 0.397. The summed E-state index contributed by atoms with van der Waals surface area (Å²) in [4.78, 5) is 0. The fourth-order valence-electron chi connectivity index (χ4n) is 3.54. The lowest BCUT2D eigenvalue weighted by Gasteiger charge is -2.20. The van der Waals surface area contributed by atoms with Gasteiger partial charge in [-0.15, -0.1) is 10.2 Å². The Bertz CT molecular complexity index is 1180. The maximum atomic E-state index is 4.76. The molecule has 0 aliphatic rings. The summed E-state index contributed by atoms with van der Waals surface area (Å²) in [6.45, 7) is 0. The molecule has 144 valence electrons. The molecule has 0 aliphatic heterocycles. The van der Waals surface area contributed by atoms with Crippen molar-refractivity contribution in [1.82, 2.24) is 14.8 Å². The maximum Gasteiger partial charge on any atom is 0.169 e. The summed E-state index contributed by atoms with van der Waals surface area (Å²) in [5.74, 6) is 0.858. The monoisotopic (exact) mass is 405 g/mol. The first-order valence-corrected chi connectivity index (χ1v) is 11.2. The van der Waals surface area contributed by atoms with Gasteiger partial charge >= 0.3 is 0 Å². The molecule has 0 saturated carbocycles. The van der Waals surface area contributed by atoms with E-state index >= 15 is 0 Å². The van der Waals surface area contributed by atoms with E-state index in [2.05, 4.69) is 107 Å². The van der Waals surface area contributed by atoms with Crippen LogP contribution in [0, 0.1) is 0 Å². The third-order valence-corrected chi connectivity index (χ3v) is 7.24. The van der Waals surface area contributed by atoms with Crippen molar-refractivity contribution < 1.29 is 0 Å². The van der Waals surface area contributed by atoms with Gasteiger partial charge < -0.3 is 0 Å². The fraction of sp³-hybridized carbons (Fsp3) is 0.